The molecule has 2 aromatic rings. The molecular weight excluding hydrogens is 270 g/mol. The summed E-state index contributed by atoms with van der Waals surface area (Å²) in [6.07, 6.45) is 4.98. The molecule has 7 nitrogen and oxygen atoms in total. The summed E-state index contributed by atoms with van der Waals surface area (Å²) in [4.78, 5) is 30.6. The van der Waals surface area contributed by atoms with Crippen molar-refractivity contribution in [3.63, 3.8) is 0 Å². The Morgan fingerprint density at radius 1 is 1.38 bits per heavy atom. The third kappa shape index (κ3) is 2.55. The fourth-order valence-corrected chi connectivity index (χ4v) is 2.68. The second kappa shape index (κ2) is 5.31. The van der Waals surface area contributed by atoms with Crippen molar-refractivity contribution >= 4 is 16.9 Å². The molecule has 112 valence electrons. The topological polar surface area (TPSA) is 73.0 Å². The number of aromatic nitrogens is 4. The molecule has 0 atom stereocenters. The van der Waals surface area contributed by atoms with Crippen LogP contribution in [0.15, 0.2) is 17.3 Å². The minimum Gasteiger partial charge on any atom is -0.341 e. The zero-order valence-corrected chi connectivity index (χ0v) is 12.3. The van der Waals surface area contributed by atoms with Gasteiger partial charge in [-0.25, -0.2) is 4.98 Å². The van der Waals surface area contributed by atoms with E-state index < -0.39 is 0 Å². The zero-order valence-electron chi connectivity index (χ0n) is 12.3. The van der Waals surface area contributed by atoms with Crippen LogP contribution < -0.4 is 5.56 Å². The highest BCUT2D eigenvalue weighted by Gasteiger charge is 2.21. The first-order chi connectivity index (χ1) is 10.1. The SMILES string of the molecule is CC1CCN(C(=O)Cn2cnc3c(cnn3C)c2=O)CC1. The average Bonchev–Trinajstić information content (AvgIpc) is 2.85. The van der Waals surface area contributed by atoms with Gasteiger partial charge in [0.15, 0.2) is 5.65 Å². The first kappa shape index (κ1) is 13.8. The van der Waals surface area contributed by atoms with Gasteiger partial charge in [-0.2, -0.15) is 5.10 Å². The van der Waals surface area contributed by atoms with Crippen molar-refractivity contribution in [1.29, 1.82) is 0 Å². The van der Waals surface area contributed by atoms with Crippen LogP contribution in [0, 0.1) is 5.92 Å². The van der Waals surface area contributed by atoms with E-state index in [1.807, 2.05) is 4.90 Å². The van der Waals surface area contributed by atoms with E-state index in [1.54, 1.807) is 11.7 Å². The van der Waals surface area contributed by atoms with Gasteiger partial charge >= 0.3 is 0 Å². The van der Waals surface area contributed by atoms with E-state index in [0.29, 0.717) is 17.0 Å². The lowest BCUT2D eigenvalue weighted by atomic mass is 9.99. The van der Waals surface area contributed by atoms with Crippen molar-refractivity contribution in [2.24, 2.45) is 13.0 Å². The molecular formula is C14H19N5O2. The van der Waals surface area contributed by atoms with E-state index in [1.165, 1.54) is 17.1 Å². The monoisotopic (exact) mass is 289 g/mol. The van der Waals surface area contributed by atoms with Crippen LogP contribution in [0.3, 0.4) is 0 Å². The number of hydrogen-bond donors (Lipinski definition) is 0. The van der Waals surface area contributed by atoms with Crippen molar-refractivity contribution in [2.75, 3.05) is 13.1 Å². The first-order valence-corrected chi connectivity index (χ1v) is 7.21. The quantitative estimate of drug-likeness (QED) is 0.801. The molecule has 3 heterocycles. The predicted molar refractivity (Wildman–Crippen MR) is 77.7 cm³/mol. The summed E-state index contributed by atoms with van der Waals surface area (Å²) >= 11 is 0. The molecule has 7 heteroatoms. The Balaban J connectivity index is 1.80. The van der Waals surface area contributed by atoms with E-state index in [0.717, 1.165) is 25.9 Å². The Kier molecular flexibility index (Phi) is 3.48. The molecule has 0 bridgehead atoms. The van der Waals surface area contributed by atoms with Gasteiger partial charge in [0.1, 0.15) is 18.3 Å². The summed E-state index contributed by atoms with van der Waals surface area (Å²) in [5.74, 6) is 0.652. The second-order valence-corrected chi connectivity index (χ2v) is 5.75. The summed E-state index contributed by atoms with van der Waals surface area (Å²) < 4.78 is 2.92. The van der Waals surface area contributed by atoms with Gasteiger partial charge in [0.2, 0.25) is 5.91 Å². The lowest BCUT2D eigenvalue weighted by molar-refractivity contribution is -0.133. The molecule has 3 rings (SSSR count). The number of carbonyl (C=O) groups is 1. The number of hydrogen-bond acceptors (Lipinski definition) is 4. The molecule has 1 amide bonds. The third-order valence-corrected chi connectivity index (χ3v) is 4.16. The lowest BCUT2D eigenvalue weighted by Crippen LogP contribution is -2.41. The largest absolute Gasteiger partial charge is 0.341 e. The fraction of sp³-hybridized carbons (Fsp3) is 0.571. The Hall–Kier alpha value is -2.18. The predicted octanol–water partition coefficient (Wildman–Crippen LogP) is 0.389. The van der Waals surface area contributed by atoms with E-state index in [-0.39, 0.29) is 18.0 Å². The van der Waals surface area contributed by atoms with Crippen LogP contribution in [0.2, 0.25) is 0 Å². The molecule has 0 aliphatic carbocycles. The van der Waals surface area contributed by atoms with Gasteiger partial charge in [-0.1, -0.05) is 6.92 Å². The normalized spacial score (nSPS) is 16.6. The summed E-state index contributed by atoms with van der Waals surface area (Å²) in [5.41, 5.74) is 0.322. The van der Waals surface area contributed by atoms with Crippen LogP contribution in [-0.2, 0) is 18.4 Å². The van der Waals surface area contributed by atoms with Crippen molar-refractivity contribution < 1.29 is 4.79 Å². The number of amides is 1. The fourth-order valence-electron chi connectivity index (χ4n) is 2.68. The van der Waals surface area contributed by atoms with Gasteiger partial charge in [-0.3, -0.25) is 18.8 Å². The number of carbonyl (C=O) groups excluding carboxylic acids is 1. The van der Waals surface area contributed by atoms with E-state index in [4.69, 9.17) is 0 Å². The van der Waals surface area contributed by atoms with Gasteiger partial charge < -0.3 is 4.90 Å². The Bertz CT molecular complexity index is 725. The summed E-state index contributed by atoms with van der Waals surface area (Å²) in [5, 5.41) is 4.47. The lowest BCUT2D eigenvalue weighted by Gasteiger charge is -2.30. The number of rotatable bonds is 2. The summed E-state index contributed by atoms with van der Waals surface area (Å²) in [6.45, 7) is 3.80. The zero-order chi connectivity index (χ0) is 15.0. The van der Waals surface area contributed by atoms with Crippen LogP contribution >= 0.6 is 0 Å². The Morgan fingerprint density at radius 3 is 2.81 bits per heavy atom. The molecule has 1 aliphatic heterocycles. The maximum absolute atomic E-state index is 12.3. The van der Waals surface area contributed by atoms with Crippen molar-refractivity contribution in [3.8, 4) is 0 Å². The van der Waals surface area contributed by atoms with Gasteiger partial charge in [0, 0.05) is 20.1 Å². The highest BCUT2D eigenvalue weighted by Crippen LogP contribution is 2.16. The van der Waals surface area contributed by atoms with Crippen LogP contribution in [0.5, 0.6) is 0 Å². The van der Waals surface area contributed by atoms with Gasteiger partial charge in [-0.05, 0) is 18.8 Å². The van der Waals surface area contributed by atoms with Crippen LogP contribution in [0.25, 0.3) is 11.0 Å². The molecule has 1 saturated heterocycles. The number of nitrogens with zero attached hydrogens (tertiary/aromatic N) is 5. The molecule has 0 N–H and O–H groups in total. The van der Waals surface area contributed by atoms with Crippen molar-refractivity contribution in [1.82, 2.24) is 24.2 Å². The maximum Gasteiger partial charge on any atom is 0.264 e. The minimum atomic E-state index is -0.216. The highest BCUT2D eigenvalue weighted by atomic mass is 16.2. The van der Waals surface area contributed by atoms with E-state index >= 15 is 0 Å². The summed E-state index contributed by atoms with van der Waals surface area (Å²) in [7, 11) is 1.74. The van der Waals surface area contributed by atoms with Gasteiger partial charge in [0.05, 0.1) is 6.20 Å². The minimum absolute atomic E-state index is 0.0194. The molecule has 0 unspecified atom stereocenters. The summed E-state index contributed by atoms with van der Waals surface area (Å²) in [6, 6.07) is 0. The molecule has 1 fully saturated rings. The molecule has 0 radical (unpaired) electrons. The smallest absolute Gasteiger partial charge is 0.264 e. The second-order valence-electron chi connectivity index (χ2n) is 5.75. The van der Waals surface area contributed by atoms with Gasteiger partial charge in [-0.15, -0.1) is 0 Å². The molecule has 1 aliphatic rings. The van der Waals surface area contributed by atoms with Crippen LogP contribution in [0.4, 0.5) is 0 Å². The number of likely N-dealkylation sites (tertiary alicyclic amines) is 1. The third-order valence-electron chi connectivity index (χ3n) is 4.16. The van der Waals surface area contributed by atoms with E-state index in [2.05, 4.69) is 17.0 Å². The molecule has 0 saturated carbocycles. The van der Waals surface area contributed by atoms with Gasteiger partial charge in [0.25, 0.3) is 5.56 Å². The Morgan fingerprint density at radius 2 is 2.10 bits per heavy atom. The number of fused-ring (bicyclic) bond motifs is 1. The number of aryl methyl sites for hydroxylation is 1. The molecule has 0 aromatic carbocycles. The maximum atomic E-state index is 12.3. The van der Waals surface area contributed by atoms with Crippen LogP contribution in [0.1, 0.15) is 19.8 Å². The first-order valence-electron chi connectivity index (χ1n) is 7.21. The van der Waals surface area contributed by atoms with Crippen molar-refractivity contribution in [2.45, 2.75) is 26.3 Å². The van der Waals surface area contributed by atoms with E-state index in [9.17, 15) is 9.59 Å². The van der Waals surface area contributed by atoms with Crippen molar-refractivity contribution in [3.05, 3.63) is 22.9 Å². The highest BCUT2D eigenvalue weighted by molar-refractivity contribution is 5.77. The Labute approximate surface area is 122 Å². The average molecular weight is 289 g/mol. The van der Waals surface area contributed by atoms with Crippen LogP contribution in [-0.4, -0.2) is 43.2 Å². The molecule has 0 spiro atoms. The molecule has 21 heavy (non-hydrogen) atoms. The molecule has 2 aromatic heterocycles. The number of piperidine rings is 1. The standard InChI is InChI=1S/C14H19N5O2/c1-10-3-5-18(6-4-10)12(20)8-19-9-15-13-11(14(19)21)7-16-17(13)2/h7,9-10H,3-6,8H2,1-2H3.